The number of aliphatic carboxylic acids is 3. The molecule has 0 aromatic heterocycles. The molecule has 0 bridgehead atoms. The number of carbonyl (C=O) groups excluding carboxylic acids is 3. The van der Waals surface area contributed by atoms with Crippen molar-refractivity contribution < 1.29 is 43.9 Å². The molecule has 0 aromatic carbocycles. The smallest absolute Gasteiger partial charge is 0.0862 e. The Bertz CT molecular complexity index is 410. The van der Waals surface area contributed by atoms with Gasteiger partial charge in [-0.3, -0.25) is 0 Å². The number of carboxylic acid groups (broad SMARTS) is 3. The Labute approximate surface area is 167 Å². The molecule has 0 aromatic rings. The van der Waals surface area contributed by atoms with Gasteiger partial charge in [0.25, 0.3) is 0 Å². The van der Waals surface area contributed by atoms with Gasteiger partial charge < -0.3 is 43.9 Å². The van der Waals surface area contributed by atoms with Crippen LogP contribution in [0.1, 0.15) is 59.8 Å². The Kier molecular flexibility index (Phi) is 19.0. The summed E-state index contributed by atoms with van der Waals surface area (Å²) in [5.41, 5.74) is 0. The molecule has 0 fully saturated rings. The molecule has 0 saturated heterocycles. The molecular weight excluding hydrogens is 372 g/mol. The molecule has 0 aliphatic rings. The van der Waals surface area contributed by atoms with Gasteiger partial charge in [-0.05, 0) is 51.9 Å². The first-order valence-electron chi connectivity index (χ1n) is 9.52. The Hall–Kier alpha value is -1.71. The summed E-state index contributed by atoms with van der Waals surface area (Å²) in [5.74, 6) is -4.15. The van der Waals surface area contributed by atoms with Gasteiger partial charge in [0.1, 0.15) is 0 Å². The molecule has 2 atom stereocenters. The second-order valence-electron chi connectivity index (χ2n) is 6.41. The number of ether oxygens (including phenoxy) is 3. The van der Waals surface area contributed by atoms with Crippen molar-refractivity contribution in [1.29, 1.82) is 0 Å². The van der Waals surface area contributed by atoms with Crippen LogP contribution in [0, 0.1) is 5.92 Å². The zero-order valence-corrected chi connectivity index (χ0v) is 17.3. The highest BCUT2D eigenvalue weighted by molar-refractivity contribution is 5.68. The van der Waals surface area contributed by atoms with E-state index in [0.29, 0.717) is 26.2 Å². The maximum atomic E-state index is 10.4. The summed E-state index contributed by atoms with van der Waals surface area (Å²) in [5, 5.41) is 30.6. The highest BCUT2D eigenvalue weighted by atomic mass is 16.5. The van der Waals surface area contributed by atoms with E-state index in [9.17, 15) is 29.7 Å². The zero-order chi connectivity index (χ0) is 21.9. The fourth-order valence-corrected chi connectivity index (χ4v) is 1.88. The van der Waals surface area contributed by atoms with Crippen molar-refractivity contribution in [3.63, 3.8) is 0 Å². The highest BCUT2D eigenvalue weighted by Crippen LogP contribution is 2.13. The van der Waals surface area contributed by atoms with Crippen LogP contribution in [0.15, 0.2) is 0 Å². The molecule has 0 saturated carbocycles. The van der Waals surface area contributed by atoms with E-state index in [1.54, 1.807) is 0 Å². The number of hydrogen-bond acceptors (Lipinski definition) is 9. The van der Waals surface area contributed by atoms with Gasteiger partial charge in [-0.2, -0.15) is 0 Å². The third-order valence-electron chi connectivity index (χ3n) is 3.84. The maximum Gasteiger partial charge on any atom is 0.0862 e. The molecule has 0 N–H and O–H groups in total. The standard InChI is InChI=1S/C11H20O5.C8H16O4/c1-3-8(2)16-5-4-9(6-10(12)13)7-11(14)15;1-3-7(2)12-5-4-11-6-8(9)10/h8-9H,3-7H2,1-2H3,(H,12,13)(H,14,15);7H,3-6H2,1-2H3,(H,9,10)/p-3. The average Bonchev–Trinajstić information content (AvgIpc) is 2.60. The molecule has 0 aliphatic carbocycles. The number of rotatable bonds is 16. The average molecular weight is 405 g/mol. The van der Waals surface area contributed by atoms with Crippen molar-refractivity contribution in [3.8, 4) is 0 Å². The van der Waals surface area contributed by atoms with Crippen molar-refractivity contribution in [1.82, 2.24) is 0 Å². The predicted molar refractivity (Wildman–Crippen MR) is 94.6 cm³/mol. The Morgan fingerprint density at radius 1 is 0.750 bits per heavy atom. The lowest BCUT2D eigenvalue weighted by molar-refractivity contribution is -0.311. The van der Waals surface area contributed by atoms with Crippen LogP contribution in [0.4, 0.5) is 0 Å². The van der Waals surface area contributed by atoms with Crippen molar-refractivity contribution >= 4 is 17.9 Å². The van der Waals surface area contributed by atoms with E-state index in [4.69, 9.17) is 14.2 Å². The molecule has 0 amide bonds. The van der Waals surface area contributed by atoms with Crippen LogP contribution in [0.25, 0.3) is 0 Å². The summed E-state index contributed by atoms with van der Waals surface area (Å²) in [6.45, 7) is 8.60. The van der Waals surface area contributed by atoms with Crippen molar-refractivity contribution in [3.05, 3.63) is 0 Å². The van der Waals surface area contributed by atoms with E-state index < -0.39 is 23.8 Å². The predicted octanol–water partition coefficient (Wildman–Crippen LogP) is -1.34. The summed E-state index contributed by atoms with van der Waals surface area (Å²) in [6, 6.07) is 0. The molecule has 0 radical (unpaired) electrons. The van der Waals surface area contributed by atoms with E-state index in [1.165, 1.54) is 0 Å². The van der Waals surface area contributed by atoms with Gasteiger partial charge in [-0.25, -0.2) is 0 Å². The normalized spacial score (nSPS) is 12.8. The largest absolute Gasteiger partial charge is 0.550 e. The molecule has 0 spiro atoms. The summed E-state index contributed by atoms with van der Waals surface area (Å²) >= 11 is 0. The molecule has 28 heavy (non-hydrogen) atoms. The van der Waals surface area contributed by atoms with E-state index in [2.05, 4.69) is 0 Å². The van der Waals surface area contributed by atoms with Crippen LogP contribution in [0.2, 0.25) is 0 Å². The fraction of sp³-hybridized carbons (Fsp3) is 0.842. The quantitative estimate of drug-likeness (QED) is 0.284. The van der Waals surface area contributed by atoms with Crippen LogP contribution in [0.5, 0.6) is 0 Å². The Morgan fingerprint density at radius 3 is 1.61 bits per heavy atom. The van der Waals surface area contributed by atoms with Crippen molar-refractivity contribution in [2.75, 3.05) is 26.4 Å². The molecule has 0 aliphatic heterocycles. The minimum Gasteiger partial charge on any atom is -0.550 e. The minimum atomic E-state index is -1.24. The SMILES string of the molecule is CCC(C)OCCC(CC(=O)[O-])CC(=O)[O-].CCC(C)OCCOCC(=O)[O-]. The molecule has 2 unspecified atom stereocenters. The lowest BCUT2D eigenvalue weighted by Gasteiger charge is -2.19. The second-order valence-corrected chi connectivity index (χ2v) is 6.41. The topological polar surface area (TPSA) is 148 Å². The number of hydrogen-bond donors (Lipinski definition) is 0. The van der Waals surface area contributed by atoms with Crippen LogP contribution < -0.4 is 15.3 Å². The first kappa shape index (κ1) is 28.5. The van der Waals surface area contributed by atoms with Gasteiger partial charge in [-0.15, -0.1) is 0 Å². The first-order valence-corrected chi connectivity index (χ1v) is 9.52. The summed E-state index contributed by atoms with van der Waals surface area (Å²) in [6.07, 6.45) is 1.98. The van der Waals surface area contributed by atoms with E-state index in [1.807, 2.05) is 27.7 Å². The third-order valence-corrected chi connectivity index (χ3v) is 3.84. The van der Waals surface area contributed by atoms with Gasteiger partial charge in [0.05, 0.1) is 38.0 Å². The molecular formula is C19H33O9-3. The van der Waals surface area contributed by atoms with E-state index >= 15 is 0 Å². The van der Waals surface area contributed by atoms with Gasteiger partial charge >= 0.3 is 0 Å². The third kappa shape index (κ3) is 22.3. The zero-order valence-electron chi connectivity index (χ0n) is 17.3. The lowest BCUT2D eigenvalue weighted by Crippen LogP contribution is -2.30. The van der Waals surface area contributed by atoms with Crippen molar-refractivity contribution in [2.24, 2.45) is 5.92 Å². The van der Waals surface area contributed by atoms with E-state index in [-0.39, 0.29) is 31.7 Å². The van der Waals surface area contributed by atoms with E-state index in [0.717, 1.165) is 12.8 Å². The lowest BCUT2D eigenvalue weighted by atomic mass is 9.98. The highest BCUT2D eigenvalue weighted by Gasteiger charge is 2.10. The monoisotopic (exact) mass is 405 g/mol. The molecule has 9 nitrogen and oxygen atoms in total. The molecule has 166 valence electrons. The number of carboxylic acids is 3. The van der Waals surface area contributed by atoms with Gasteiger partial charge in [-0.1, -0.05) is 13.8 Å². The Morgan fingerprint density at radius 2 is 1.21 bits per heavy atom. The second kappa shape index (κ2) is 18.6. The summed E-state index contributed by atoms with van der Waals surface area (Å²) in [7, 11) is 0. The molecule has 0 heterocycles. The van der Waals surface area contributed by atoms with Gasteiger partial charge in [0, 0.05) is 18.5 Å². The van der Waals surface area contributed by atoms with Crippen molar-refractivity contribution in [2.45, 2.75) is 72.0 Å². The maximum absolute atomic E-state index is 10.4. The molecule has 0 rings (SSSR count). The van der Waals surface area contributed by atoms with Crippen LogP contribution in [-0.4, -0.2) is 56.5 Å². The molecule has 9 heteroatoms. The van der Waals surface area contributed by atoms with Gasteiger partial charge in [0.2, 0.25) is 0 Å². The fourth-order valence-electron chi connectivity index (χ4n) is 1.88. The van der Waals surface area contributed by atoms with Crippen LogP contribution in [0.3, 0.4) is 0 Å². The minimum absolute atomic E-state index is 0.103. The van der Waals surface area contributed by atoms with Crippen LogP contribution in [-0.2, 0) is 28.6 Å². The summed E-state index contributed by atoms with van der Waals surface area (Å²) in [4.78, 5) is 30.6. The van der Waals surface area contributed by atoms with Gasteiger partial charge in [0.15, 0.2) is 0 Å². The number of carbonyl (C=O) groups is 3. The van der Waals surface area contributed by atoms with Crippen LogP contribution >= 0.6 is 0 Å². The summed E-state index contributed by atoms with van der Waals surface area (Å²) < 4.78 is 15.3. The Balaban J connectivity index is 0. The first-order chi connectivity index (χ1) is 13.1.